The fourth-order valence-electron chi connectivity index (χ4n) is 1.75. The van der Waals surface area contributed by atoms with Gasteiger partial charge in [-0.3, -0.25) is 0 Å². The van der Waals surface area contributed by atoms with E-state index in [9.17, 15) is 0 Å². The van der Waals surface area contributed by atoms with Crippen LogP contribution in [-0.4, -0.2) is 5.54 Å². The van der Waals surface area contributed by atoms with Crippen LogP contribution in [0.5, 0.6) is 0 Å². The van der Waals surface area contributed by atoms with Crippen molar-refractivity contribution in [1.82, 2.24) is 5.32 Å². The van der Waals surface area contributed by atoms with E-state index in [0.717, 1.165) is 11.3 Å². The molecule has 1 aromatic rings. The maximum Gasteiger partial charge on any atom is 0.0863 e. The number of nitrogens with one attached hydrogen (secondary N) is 1. The van der Waals surface area contributed by atoms with Gasteiger partial charge < -0.3 is 5.32 Å². The molecule has 0 amide bonds. The Morgan fingerprint density at radius 1 is 1.18 bits per heavy atom. The highest BCUT2D eigenvalue weighted by Crippen LogP contribution is 2.12. The second kappa shape index (κ2) is 4.51. The summed E-state index contributed by atoms with van der Waals surface area (Å²) in [6, 6.07) is 8.24. The minimum Gasteiger partial charge on any atom is -0.370 e. The van der Waals surface area contributed by atoms with E-state index < -0.39 is 0 Å². The third-order valence-electron chi connectivity index (χ3n) is 2.59. The first-order valence-electron chi connectivity index (χ1n) is 5.82. The summed E-state index contributed by atoms with van der Waals surface area (Å²) >= 11 is 0. The molecule has 1 heteroatoms. The lowest BCUT2D eigenvalue weighted by Gasteiger charge is -2.25. The number of allylic oxidation sites excluding steroid dienone is 3. The number of hydrogen-bond donors (Lipinski definition) is 1. The van der Waals surface area contributed by atoms with Gasteiger partial charge in [0, 0.05) is 5.56 Å². The Kier molecular flexibility index (Phi) is 3.06. The molecule has 1 nitrogen and oxygen atoms in total. The third kappa shape index (κ3) is 3.26. The molecule has 0 spiro atoms. The molecule has 0 radical (unpaired) electrons. The molecule has 2 rings (SSSR count). The van der Waals surface area contributed by atoms with Gasteiger partial charge in [-0.05, 0) is 50.5 Å². The lowest BCUT2D eigenvalue weighted by atomic mass is 10.0. The molecule has 1 aromatic carbocycles. The molecule has 0 saturated carbocycles. The molecule has 17 heavy (non-hydrogen) atoms. The van der Waals surface area contributed by atoms with E-state index in [2.05, 4.69) is 62.2 Å². The quantitative estimate of drug-likeness (QED) is 0.666. The van der Waals surface area contributed by atoms with Gasteiger partial charge in [0.2, 0.25) is 0 Å². The van der Waals surface area contributed by atoms with E-state index in [4.69, 9.17) is 0 Å². The van der Waals surface area contributed by atoms with Crippen LogP contribution in [0, 0.1) is 18.8 Å². The topological polar surface area (TPSA) is 12.0 Å². The van der Waals surface area contributed by atoms with Gasteiger partial charge in [0.1, 0.15) is 0 Å². The molecule has 1 aliphatic rings. The zero-order valence-electron chi connectivity index (χ0n) is 10.5. The minimum absolute atomic E-state index is 0.00856. The van der Waals surface area contributed by atoms with Crippen molar-refractivity contribution in [2.45, 2.75) is 26.3 Å². The van der Waals surface area contributed by atoms with E-state index in [1.165, 1.54) is 5.56 Å². The molecular weight excluding hydrogens is 206 g/mol. The lowest BCUT2D eigenvalue weighted by Crippen LogP contribution is -2.37. The van der Waals surface area contributed by atoms with E-state index >= 15 is 0 Å². The number of benzene rings is 1. The number of rotatable bonds is 0. The monoisotopic (exact) mass is 223 g/mol. The highest BCUT2D eigenvalue weighted by atomic mass is 15.0. The zero-order chi connectivity index (χ0) is 12.3. The van der Waals surface area contributed by atoms with Gasteiger partial charge in [0.15, 0.2) is 0 Å². The summed E-state index contributed by atoms with van der Waals surface area (Å²) in [7, 11) is 0. The minimum atomic E-state index is -0.00856. The SMILES string of the molecule is Cc1cccc(C#CC2=CC=CC(C)(C)N2)c1. The van der Waals surface area contributed by atoms with Crippen molar-refractivity contribution in [2.75, 3.05) is 0 Å². The van der Waals surface area contributed by atoms with Gasteiger partial charge in [-0.2, -0.15) is 0 Å². The van der Waals surface area contributed by atoms with Crippen LogP contribution in [0.2, 0.25) is 0 Å². The van der Waals surface area contributed by atoms with Crippen LogP contribution >= 0.6 is 0 Å². The maximum absolute atomic E-state index is 3.38. The van der Waals surface area contributed by atoms with E-state index in [1.54, 1.807) is 0 Å². The molecule has 1 heterocycles. The van der Waals surface area contributed by atoms with Crippen LogP contribution in [0.1, 0.15) is 25.0 Å². The molecule has 0 fully saturated rings. The summed E-state index contributed by atoms with van der Waals surface area (Å²) in [5.74, 6) is 6.35. The first-order chi connectivity index (χ1) is 8.05. The summed E-state index contributed by atoms with van der Waals surface area (Å²) in [4.78, 5) is 0. The molecule has 0 unspecified atom stereocenters. The van der Waals surface area contributed by atoms with Crippen LogP contribution in [0.15, 0.2) is 48.2 Å². The molecular formula is C16H17N. The van der Waals surface area contributed by atoms with Gasteiger partial charge in [-0.25, -0.2) is 0 Å². The van der Waals surface area contributed by atoms with Gasteiger partial charge in [-0.15, -0.1) is 0 Å². The smallest absolute Gasteiger partial charge is 0.0863 e. The first-order valence-corrected chi connectivity index (χ1v) is 5.82. The highest BCUT2D eigenvalue weighted by molar-refractivity contribution is 5.44. The molecule has 0 aliphatic carbocycles. The first kappa shape index (κ1) is 11.5. The van der Waals surface area contributed by atoms with Crippen LogP contribution in [0.25, 0.3) is 0 Å². The molecule has 1 N–H and O–H groups in total. The lowest BCUT2D eigenvalue weighted by molar-refractivity contribution is 0.535. The summed E-state index contributed by atoms with van der Waals surface area (Å²) < 4.78 is 0. The molecule has 0 aromatic heterocycles. The predicted octanol–water partition coefficient (Wildman–Crippen LogP) is 3.17. The maximum atomic E-state index is 3.38. The van der Waals surface area contributed by atoms with Gasteiger partial charge in [-0.1, -0.05) is 30.2 Å². The molecule has 0 atom stereocenters. The van der Waals surface area contributed by atoms with Crippen molar-refractivity contribution in [2.24, 2.45) is 0 Å². The van der Waals surface area contributed by atoms with E-state index in [0.29, 0.717) is 0 Å². The zero-order valence-corrected chi connectivity index (χ0v) is 10.5. The number of aryl methyl sites for hydroxylation is 1. The fraction of sp³-hybridized carbons (Fsp3) is 0.250. The van der Waals surface area contributed by atoms with Crippen molar-refractivity contribution in [3.05, 3.63) is 59.3 Å². The van der Waals surface area contributed by atoms with Crippen LogP contribution < -0.4 is 5.32 Å². The second-order valence-electron chi connectivity index (χ2n) is 4.91. The fourth-order valence-corrected chi connectivity index (χ4v) is 1.75. The average Bonchev–Trinajstić information content (AvgIpc) is 2.25. The van der Waals surface area contributed by atoms with Gasteiger partial charge in [0.05, 0.1) is 11.2 Å². The van der Waals surface area contributed by atoms with E-state index in [1.807, 2.05) is 18.2 Å². The summed E-state index contributed by atoms with van der Waals surface area (Å²) in [6.45, 7) is 6.34. The van der Waals surface area contributed by atoms with Crippen molar-refractivity contribution < 1.29 is 0 Å². The Morgan fingerprint density at radius 3 is 2.71 bits per heavy atom. The molecule has 86 valence electrons. The summed E-state index contributed by atoms with van der Waals surface area (Å²) in [6.07, 6.45) is 6.19. The number of hydrogen-bond acceptors (Lipinski definition) is 1. The van der Waals surface area contributed by atoms with Crippen molar-refractivity contribution in [3.8, 4) is 11.8 Å². The highest BCUT2D eigenvalue weighted by Gasteiger charge is 2.15. The Balaban J connectivity index is 2.18. The average molecular weight is 223 g/mol. The van der Waals surface area contributed by atoms with Crippen LogP contribution in [-0.2, 0) is 0 Å². The normalized spacial score (nSPS) is 16.5. The standard InChI is InChI=1S/C16H17N/c1-13-6-4-7-14(12-13)9-10-15-8-5-11-16(2,3)17-15/h4-8,11-12,17H,1-3H3. The second-order valence-corrected chi connectivity index (χ2v) is 4.91. The molecule has 0 bridgehead atoms. The third-order valence-corrected chi connectivity index (χ3v) is 2.59. The Hall–Kier alpha value is -1.94. The van der Waals surface area contributed by atoms with Crippen molar-refractivity contribution >= 4 is 0 Å². The largest absolute Gasteiger partial charge is 0.370 e. The summed E-state index contributed by atoms with van der Waals surface area (Å²) in [5, 5.41) is 3.38. The predicted molar refractivity (Wildman–Crippen MR) is 72.5 cm³/mol. The van der Waals surface area contributed by atoms with Crippen molar-refractivity contribution in [1.29, 1.82) is 0 Å². The Labute approximate surface area is 103 Å². The molecule has 1 aliphatic heterocycles. The van der Waals surface area contributed by atoms with Crippen molar-refractivity contribution in [3.63, 3.8) is 0 Å². The van der Waals surface area contributed by atoms with Gasteiger partial charge in [0.25, 0.3) is 0 Å². The van der Waals surface area contributed by atoms with Crippen LogP contribution in [0.4, 0.5) is 0 Å². The number of dihydropyridines is 1. The van der Waals surface area contributed by atoms with Crippen LogP contribution in [0.3, 0.4) is 0 Å². The summed E-state index contributed by atoms with van der Waals surface area (Å²) in [5.41, 5.74) is 3.26. The Morgan fingerprint density at radius 2 is 2.00 bits per heavy atom. The van der Waals surface area contributed by atoms with Gasteiger partial charge >= 0.3 is 0 Å². The Bertz CT molecular complexity index is 536. The van der Waals surface area contributed by atoms with E-state index in [-0.39, 0.29) is 5.54 Å². The molecule has 0 saturated heterocycles.